The lowest BCUT2D eigenvalue weighted by Gasteiger charge is -2.11. The highest BCUT2D eigenvalue weighted by molar-refractivity contribution is 7.98. The topological polar surface area (TPSA) is 35.2 Å². The quantitative estimate of drug-likeness (QED) is 0.791. The van der Waals surface area contributed by atoms with Crippen molar-refractivity contribution in [3.05, 3.63) is 53.8 Å². The molecule has 112 valence electrons. The molecule has 0 aliphatic rings. The van der Waals surface area contributed by atoms with Crippen molar-refractivity contribution in [3.63, 3.8) is 0 Å². The van der Waals surface area contributed by atoms with Crippen LogP contribution in [0.2, 0.25) is 0 Å². The van der Waals surface area contributed by atoms with Crippen molar-refractivity contribution >= 4 is 11.8 Å². The Morgan fingerprint density at radius 2 is 1.90 bits per heavy atom. The minimum Gasteiger partial charge on any atom is -0.454 e. The van der Waals surface area contributed by atoms with Crippen molar-refractivity contribution < 1.29 is 9.13 Å². The lowest BCUT2D eigenvalue weighted by atomic mass is 10.0. The van der Waals surface area contributed by atoms with Gasteiger partial charge in [-0.1, -0.05) is 13.0 Å². The van der Waals surface area contributed by atoms with Gasteiger partial charge in [0.2, 0.25) is 0 Å². The number of benzene rings is 2. The summed E-state index contributed by atoms with van der Waals surface area (Å²) in [7, 11) is 0. The molecule has 2 N–H and O–H groups in total. The molecule has 1 atom stereocenters. The number of thioether (sulfide) groups is 1. The van der Waals surface area contributed by atoms with Crippen LogP contribution in [0.1, 0.15) is 18.9 Å². The molecule has 0 amide bonds. The predicted molar refractivity (Wildman–Crippen MR) is 86.7 cm³/mol. The molecule has 21 heavy (non-hydrogen) atoms. The van der Waals surface area contributed by atoms with Gasteiger partial charge in [0.1, 0.15) is 5.75 Å². The van der Waals surface area contributed by atoms with E-state index in [2.05, 4.69) is 0 Å². The van der Waals surface area contributed by atoms with Gasteiger partial charge in [0.05, 0.1) is 0 Å². The second-order valence-corrected chi connectivity index (χ2v) is 5.79. The summed E-state index contributed by atoms with van der Waals surface area (Å²) < 4.78 is 19.6. The molecule has 0 aliphatic heterocycles. The Balaban J connectivity index is 2.09. The van der Waals surface area contributed by atoms with Gasteiger partial charge in [0.15, 0.2) is 11.6 Å². The molecule has 0 aromatic heterocycles. The van der Waals surface area contributed by atoms with Gasteiger partial charge in [-0.05, 0) is 61.1 Å². The molecule has 0 saturated heterocycles. The molecule has 4 heteroatoms. The van der Waals surface area contributed by atoms with Gasteiger partial charge in [-0.15, -0.1) is 11.8 Å². The second-order valence-electron chi connectivity index (χ2n) is 4.91. The van der Waals surface area contributed by atoms with E-state index in [9.17, 15) is 4.39 Å². The monoisotopic (exact) mass is 305 g/mol. The number of hydrogen-bond acceptors (Lipinski definition) is 3. The van der Waals surface area contributed by atoms with Gasteiger partial charge < -0.3 is 10.5 Å². The van der Waals surface area contributed by atoms with Gasteiger partial charge in [-0.25, -0.2) is 4.39 Å². The number of nitrogens with two attached hydrogens (primary N) is 1. The number of ether oxygens (including phenoxy) is 1. The first-order valence-corrected chi connectivity index (χ1v) is 8.20. The molecule has 2 aromatic carbocycles. The minimum absolute atomic E-state index is 0.0651. The van der Waals surface area contributed by atoms with E-state index in [0.29, 0.717) is 12.2 Å². The summed E-state index contributed by atoms with van der Waals surface area (Å²) >= 11 is 1.66. The van der Waals surface area contributed by atoms with Gasteiger partial charge >= 0.3 is 0 Å². The number of hydrogen-bond donors (Lipinski definition) is 1. The third-order valence-electron chi connectivity index (χ3n) is 3.31. The van der Waals surface area contributed by atoms with E-state index in [1.807, 2.05) is 43.5 Å². The first kappa shape index (κ1) is 15.9. The maximum absolute atomic E-state index is 14.1. The molecule has 2 nitrogen and oxygen atoms in total. The van der Waals surface area contributed by atoms with E-state index in [-0.39, 0.29) is 17.6 Å². The standard InChI is InChI=1S/C17H20FNOS/c1-3-13(19)10-12-4-9-17(16(18)11-12)20-14-5-7-15(21-2)8-6-14/h4-9,11,13H,3,10,19H2,1-2H3. The minimum atomic E-state index is -0.357. The number of halogens is 1. The highest BCUT2D eigenvalue weighted by atomic mass is 32.2. The van der Waals surface area contributed by atoms with Crippen molar-refractivity contribution in [2.75, 3.05) is 6.26 Å². The summed E-state index contributed by atoms with van der Waals surface area (Å²) in [5.74, 6) is 0.509. The highest BCUT2D eigenvalue weighted by Gasteiger charge is 2.08. The fourth-order valence-corrected chi connectivity index (χ4v) is 2.38. The molecular formula is C17H20FNOS. The van der Waals surface area contributed by atoms with Crippen LogP contribution in [0.25, 0.3) is 0 Å². The molecule has 0 fully saturated rings. The Kier molecular flexibility index (Phi) is 5.65. The van der Waals surface area contributed by atoms with E-state index >= 15 is 0 Å². The summed E-state index contributed by atoms with van der Waals surface area (Å²) in [6.07, 6.45) is 3.56. The van der Waals surface area contributed by atoms with Crippen LogP contribution in [0.4, 0.5) is 4.39 Å². The lowest BCUT2D eigenvalue weighted by molar-refractivity contribution is 0.441. The molecule has 1 unspecified atom stereocenters. The molecule has 0 radical (unpaired) electrons. The maximum atomic E-state index is 14.1. The second kappa shape index (κ2) is 7.48. The summed E-state index contributed by atoms with van der Waals surface area (Å²) in [5.41, 5.74) is 6.78. The van der Waals surface area contributed by atoms with E-state index in [4.69, 9.17) is 10.5 Å². The summed E-state index contributed by atoms with van der Waals surface area (Å²) in [4.78, 5) is 1.15. The van der Waals surface area contributed by atoms with E-state index < -0.39 is 0 Å². The smallest absolute Gasteiger partial charge is 0.165 e. The van der Waals surface area contributed by atoms with Crippen molar-refractivity contribution in [2.45, 2.75) is 30.7 Å². The van der Waals surface area contributed by atoms with Crippen LogP contribution >= 0.6 is 11.8 Å². The fourth-order valence-electron chi connectivity index (χ4n) is 1.97. The maximum Gasteiger partial charge on any atom is 0.165 e. The van der Waals surface area contributed by atoms with Crippen molar-refractivity contribution in [1.29, 1.82) is 0 Å². The Morgan fingerprint density at radius 3 is 2.48 bits per heavy atom. The van der Waals surface area contributed by atoms with Gasteiger partial charge in [0, 0.05) is 10.9 Å². The Morgan fingerprint density at radius 1 is 1.19 bits per heavy atom. The van der Waals surface area contributed by atoms with Crippen molar-refractivity contribution in [2.24, 2.45) is 5.73 Å². The van der Waals surface area contributed by atoms with E-state index in [1.54, 1.807) is 17.8 Å². The highest BCUT2D eigenvalue weighted by Crippen LogP contribution is 2.27. The third-order valence-corrected chi connectivity index (χ3v) is 4.05. The van der Waals surface area contributed by atoms with E-state index in [1.165, 1.54) is 6.07 Å². The van der Waals surface area contributed by atoms with Gasteiger partial charge in [0.25, 0.3) is 0 Å². The first-order valence-electron chi connectivity index (χ1n) is 6.98. The van der Waals surface area contributed by atoms with Gasteiger partial charge in [-0.2, -0.15) is 0 Å². The fraction of sp³-hybridized carbons (Fsp3) is 0.294. The molecule has 0 bridgehead atoms. The molecule has 0 spiro atoms. The molecule has 0 heterocycles. The Hall–Kier alpha value is -1.52. The van der Waals surface area contributed by atoms with Crippen LogP contribution in [0.3, 0.4) is 0 Å². The third kappa shape index (κ3) is 4.48. The molecule has 0 aliphatic carbocycles. The SMILES string of the molecule is CCC(N)Cc1ccc(Oc2ccc(SC)cc2)c(F)c1. The largest absolute Gasteiger partial charge is 0.454 e. The zero-order valence-electron chi connectivity index (χ0n) is 12.3. The van der Waals surface area contributed by atoms with Crippen LogP contribution in [0.5, 0.6) is 11.5 Å². The molecular weight excluding hydrogens is 285 g/mol. The lowest BCUT2D eigenvalue weighted by Crippen LogP contribution is -2.21. The summed E-state index contributed by atoms with van der Waals surface area (Å²) in [5, 5.41) is 0. The van der Waals surface area contributed by atoms with E-state index in [0.717, 1.165) is 16.9 Å². The Bertz CT molecular complexity index is 586. The van der Waals surface area contributed by atoms with Crippen molar-refractivity contribution in [3.8, 4) is 11.5 Å². The van der Waals surface area contributed by atoms with Crippen LogP contribution in [-0.4, -0.2) is 12.3 Å². The average molecular weight is 305 g/mol. The Labute approximate surface area is 129 Å². The number of rotatable bonds is 6. The van der Waals surface area contributed by atoms with Crippen LogP contribution < -0.4 is 10.5 Å². The average Bonchev–Trinajstić information content (AvgIpc) is 2.50. The van der Waals surface area contributed by atoms with Crippen LogP contribution in [-0.2, 0) is 6.42 Å². The summed E-state index contributed by atoms with van der Waals surface area (Å²) in [6.45, 7) is 2.02. The first-order chi connectivity index (χ1) is 10.1. The van der Waals surface area contributed by atoms with Crippen LogP contribution in [0, 0.1) is 5.82 Å². The zero-order chi connectivity index (χ0) is 15.2. The predicted octanol–water partition coefficient (Wildman–Crippen LogP) is 4.62. The molecule has 0 saturated carbocycles. The zero-order valence-corrected chi connectivity index (χ0v) is 13.1. The summed E-state index contributed by atoms with van der Waals surface area (Å²) in [6, 6.07) is 12.7. The van der Waals surface area contributed by atoms with Crippen molar-refractivity contribution in [1.82, 2.24) is 0 Å². The van der Waals surface area contributed by atoms with Gasteiger partial charge in [-0.3, -0.25) is 0 Å². The molecule has 2 aromatic rings. The molecule has 2 rings (SSSR count). The van der Waals surface area contributed by atoms with Crippen LogP contribution in [0.15, 0.2) is 47.4 Å². The normalized spacial score (nSPS) is 12.2.